The van der Waals surface area contributed by atoms with E-state index >= 15 is 0 Å². The minimum atomic E-state index is -0.419. The van der Waals surface area contributed by atoms with Gasteiger partial charge in [-0.15, -0.1) is 10.2 Å². The van der Waals surface area contributed by atoms with E-state index in [0.29, 0.717) is 11.5 Å². The average molecular weight is 293 g/mol. The number of carbonyl (C=O) groups excluding carboxylic acids is 1. The van der Waals surface area contributed by atoms with Crippen molar-refractivity contribution < 1.29 is 14.3 Å². The maximum atomic E-state index is 12.1. The summed E-state index contributed by atoms with van der Waals surface area (Å²) in [6, 6.07) is 6.13. The van der Waals surface area contributed by atoms with Gasteiger partial charge in [0.2, 0.25) is 6.79 Å². The van der Waals surface area contributed by atoms with Crippen molar-refractivity contribution >= 4 is 29.0 Å². The van der Waals surface area contributed by atoms with Gasteiger partial charge in [0.25, 0.3) is 5.91 Å². The van der Waals surface area contributed by atoms with Gasteiger partial charge in [-0.25, -0.2) is 0 Å². The quantitative estimate of drug-likeness (QED) is 0.817. The summed E-state index contributed by atoms with van der Waals surface area (Å²) in [4.78, 5) is 12.1. The van der Waals surface area contributed by atoms with Crippen molar-refractivity contribution in [1.82, 2.24) is 10.2 Å². The summed E-state index contributed by atoms with van der Waals surface area (Å²) >= 11 is 5.62. The number of nitrogens with one attached hydrogen (secondary N) is 1. The molecule has 2 aromatic rings. The molecule has 1 aliphatic rings. The number of amides is 1. The Morgan fingerprint density at radius 2 is 2.00 bits per heavy atom. The largest absolute Gasteiger partial charge is 0.454 e. The van der Waals surface area contributed by atoms with Crippen molar-refractivity contribution in [3.8, 4) is 11.5 Å². The van der Waals surface area contributed by atoms with E-state index in [1.807, 2.05) is 0 Å². The Morgan fingerprint density at radius 3 is 2.70 bits per heavy atom. The van der Waals surface area contributed by atoms with E-state index in [-0.39, 0.29) is 29.0 Å². The minimum absolute atomic E-state index is 0.114. The molecule has 2 heterocycles. The normalized spacial score (nSPS) is 12.2. The zero-order chi connectivity index (χ0) is 14.1. The highest BCUT2D eigenvalue weighted by atomic mass is 35.5. The van der Waals surface area contributed by atoms with Crippen LogP contribution < -0.4 is 20.5 Å². The van der Waals surface area contributed by atoms with Gasteiger partial charge in [0.05, 0.1) is 5.56 Å². The fraction of sp³-hybridized carbons (Fsp3) is 0.0833. The van der Waals surface area contributed by atoms with Crippen LogP contribution in [0.25, 0.3) is 0 Å². The van der Waals surface area contributed by atoms with E-state index in [0.717, 1.165) is 0 Å². The minimum Gasteiger partial charge on any atom is -0.454 e. The van der Waals surface area contributed by atoms with E-state index in [1.165, 1.54) is 18.2 Å². The molecule has 0 spiro atoms. The molecule has 3 N–H and O–H groups in total. The molecule has 0 unspecified atom stereocenters. The monoisotopic (exact) mass is 292 g/mol. The molecular weight excluding hydrogens is 284 g/mol. The number of nitrogen functional groups attached to an aromatic ring is 1. The lowest BCUT2D eigenvalue weighted by Gasteiger charge is -2.07. The first-order chi connectivity index (χ1) is 9.63. The van der Waals surface area contributed by atoms with E-state index in [2.05, 4.69) is 15.5 Å². The molecule has 1 aromatic carbocycles. The molecule has 1 aliphatic heterocycles. The molecule has 0 bridgehead atoms. The topological polar surface area (TPSA) is 99.4 Å². The van der Waals surface area contributed by atoms with Crippen molar-refractivity contribution in [3.05, 3.63) is 35.0 Å². The van der Waals surface area contributed by atoms with Crippen LogP contribution in [0.4, 0.5) is 11.5 Å². The van der Waals surface area contributed by atoms with E-state index in [9.17, 15) is 4.79 Å². The molecule has 0 fully saturated rings. The molecule has 102 valence electrons. The van der Waals surface area contributed by atoms with Crippen LogP contribution in [0.2, 0.25) is 5.15 Å². The zero-order valence-electron chi connectivity index (χ0n) is 10.1. The molecule has 1 aromatic heterocycles. The van der Waals surface area contributed by atoms with Gasteiger partial charge in [0, 0.05) is 11.8 Å². The number of aromatic nitrogens is 2. The number of carbonyl (C=O) groups is 1. The van der Waals surface area contributed by atoms with Gasteiger partial charge in [-0.1, -0.05) is 11.6 Å². The predicted molar refractivity (Wildman–Crippen MR) is 72.0 cm³/mol. The van der Waals surface area contributed by atoms with Crippen LogP contribution in [-0.2, 0) is 0 Å². The molecule has 0 saturated carbocycles. The SMILES string of the molecule is Nc1cc2c(cc1C(=O)Nc1ccc(Cl)nn1)OCO2. The lowest BCUT2D eigenvalue weighted by Crippen LogP contribution is -2.15. The molecule has 0 radical (unpaired) electrons. The molecule has 0 saturated heterocycles. The fourth-order valence-corrected chi connectivity index (χ4v) is 1.82. The lowest BCUT2D eigenvalue weighted by molar-refractivity contribution is 0.102. The Balaban J connectivity index is 1.85. The number of nitrogens with two attached hydrogens (primary N) is 1. The number of fused-ring (bicyclic) bond motifs is 1. The van der Waals surface area contributed by atoms with Crippen LogP contribution in [0.3, 0.4) is 0 Å². The van der Waals surface area contributed by atoms with Crippen molar-refractivity contribution in [3.63, 3.8) is 0 Å². The van der Waals surface area contributed by atoms with Crippen LogP contribution in [0.5, 0.6) is 11.5 Å². The number of hydrogen-bond donors (Lipinski definition) is 2. The average Bonchev–Trinajstić information content (AvgIpc) is 2.87. The third-order valence-corrected chi connectivity index (χ3v) is 2.86. The summed E-state index contributed by atoms with van der Waals surface area (Å²) < 4.78 is 10.4. The second-order valence-electron chi connectivity index (χ2n) is 3.99. The first kappa shape index (κ1) is 12.5. The summed E-state index contributed by atoms with van der Waals surface area (Å²) in [7, 11) is 0. The number of hydrogen-bond acceptors (Lipinski definition) is 6. The smallest absolute Gasteiger partial charge is 0.259 e. The summed E-state index contributed by atoms with van der Waals surface area (Å²) in [5.74, 6) is 0.853. The fourth-order valence-electron chi connectivity index (χ4n) is 1.72. The van der Waals surface area contributed by atoms with E-state index < -0.39 is 5.91 Å². The highest BCUT2D eigenvalue weighted by molar-refractivity contribution is 6.29. The molecule has 8 heteroatoms. The van der Waals surface area contributed by atoms with Crippen LogP contribution in [-0.4, -0.2) is 22.9 Å². The van der Waals surface area contributed by atoms with E-state index in [4.69, 9.17) is 26.8 Å². The van der Waals surface area contributed by atoms with Crippen LogP contribution in [0, 0.1) is 0 Å². The van der Waals surface area contributed by atoms with E-state index in [1.54, 1.807) is 6.07 Å². The van der Waals surface area contributed by atoms with Gasteiger partial charge >= 0.3 is 0 Å². The van der Waals surface area contributed by atoms with Crippen LogP contribution in [0.15, 0.2) is 24.3 Å². The number of rotatable bonds is 2. The summed E-state index contributed by atoms with van der Waals surface area (Å²) in [6.45, 7) is 0.114. The van der Waals surface area contributed by atoms with Crippen molar-refractivity contribution in [2.75, 3.05) is 17.8 Å². The Kier molecular flexibility index (Phi) is 3.03. The van der Waals surface area contributed by atoms with Gasteiger partial charge in [0.15, 0.2) is 22.5 Å². The maximum Gasteiger partial charge on any atom is 0.259 e. The van der Waals surface area contributed by atoms with Gasteiger partial charge in [-0.2, -0.15) is 0 Å². The summed E-state index contributed by atoms with van der Waals surface area (Å²) in [5, 5.41) is 10.2. The first-order valence-corrected chi connectivity index (χ1v) is 6.01. The number of anilines is 2. The molecule has 20 heavy (non-hydrogen) atoms. The number of halogens is 1. The number of ether oxygens (including phenoxy) is 2. The zero-order valence-corrected chi connectivity index (χ0v) is 10.8. The second-order valence-corrected chi connectivity index (χ2v) is 4.38. The Morgan fingerprint density at radius 1 is 1.25 bits per heavy atom. The standard InChI is InChI=1S/C12H9ClN4O3/c13-10-1-2-11(17-16-10)15-12(18)6-3-8-9(4-7(6)14)20-5-19-8/h1-4H,5,14H2,(H,15,17,18). The predicted octanol–water partition coefficient (Wildman–Crippen LogP) is 1.69. The third kappa shape index (κ3) is 2.30. The van der Waals surface area contributed by atoms with Crippen LogP contribution >= 0.6 is 11.6 Å². The number of benzene rings is 1. The highest BCUT2D eigenvalue weighted by Crippen LogP contribution is 2.36. The van der Waals surface area contributed by atoms with Crippen LogP contribution in [0.1, 0.15) is 10.4 Å². The van der Waals surface area contributed by atoms with Gasteiger partial charge in [-0.3, -0.25) is 4.79 Å². The molecule has 0 atom stereocenters. The summed E-state index contributed by atoms with van der Waals surface area (Å²) in [5.41, 5.74) is 6.37. The molecule has 3 rings (SSSR count). The highest BCUT2D eigenvalue weighted by Gasteiger charge is 2.20. The van der Waals surface area contributed by atoms with Gasteiger partial charge in [-0.05, 0) is 18.2 Å². The maximum absolute atomic E-state index is 12.1. The van der Waals surface area contributed by atoms with Crippen molar-refractivity contribution in [2.45, 2.75) is 0 Å². The van der Waals surface area contributed by atoms with Gasteiger partial charge in [0.1, 0.15) is 0 Å². The lowest BCUT2D eigenvalue weighted by atomic mass is 10.1. The third-order valence-electron chi connectivity index (χ3n) is 2.66. The van der Waals surface area contributed by atoms with Crippen molar-refractivity contribution in [1.29, 1.82) is 0 Å². The Labute approximate surface area is 118 Å². The second kappa shape index (κ2) is 4.86. The molecule has 1 amide bonds. The van der Waals surface area contributed by atoms with Crippen molar-refractivity contribution in [2.24, 2.45) is 0 Å². The molecule has 0 aliphatic carbocycles. The Hall–Kier alpha value is -2.54. The van der Waals surface area contributed by atoms with Gasteiger partial charge < -0.3 is 20.5 Å². The Bertz CT molecular complexity index is 675. The summed E-state index contributed by atoms with van der Waals surface area (Å²) in [6.07, 6.45) is 0. The molecular formula is C12H9ClN4O3. The first-order valence-electron chi connectivity index (χ1n) is 5.63. The molecule has 7 nitrogen and oxygen atoms in total. The number of nitrogens with zero attached hydrogens (tertiary/aromatic N) is 2.